The van der Waals surface area contributed by atoms with E-state index in [2.05, 4.69) is 37.3 Å². The number of urea groups is 1. The van der Waals surface area contributed by atoms with Crippen LogP contribution in [0.5, 0.6) is 0 Å². The summed E-state index contributed by atoms with van der Waals surface area (Å²) in [5.74, 6) is -0.425. The first-order valence-corrected chi connectivity index (χ1v) is 11.6. The highest BCUT2D eigenvalue weighted by molar-refractivity contribution is 7.78. The van der Waals surface area contributed by atoms with Gasteiger partial charge in [0.1, 0.15) is 0 Å². The molecule has 3 amide bonds. The van der Waals surface area contributed by atoms with Crippen molar-refractivity contribution < 1.29 is 14.3 Å². The molecule has 0 spiro atoms. The Balaban J connectivity index is 1.54. The maximum Gasteiger partial charge on any atom is 0.327 e. The van der Waals surface area contributed by atoms with Gasteiger partial charge in [0.2, 0.25) is 5.91 Å². The lowest BCUT2D eigenvalue weighted by atomic mass is 9.67. The van der Waals surface area contributed by atoms with Crippen molar-refractivity contribution in [3.05, 3.63) is 70.8 Å². The zero-order valence-electron chi connectivity index (χ0n) is 19.5. The maximum absolute atomic E-state index is 12.3. The molecule has 1 aliphatic rings. The highest BCUT2D eigenvalue weighted by Crippen LogP contribution is 2.38. The minimum atomic E-state index is -0.425. The summed E-state index contributed by atoms with van der Waals surface area (Å²) in [4.78, 5) is 24.0. The summed E-state index contributed by atoms with van der Waals surface area (Å²) in [6, 6.07) is 15.3. The number of nitrogens with one attached hydrogen (secondary N) is 2. The zero-order chi connectivity index (χ0) is 24.0. The number of hydrogen-bond donors (Lipinski definition) is 4. The number of ether oxygens (including phenoxy) is 1. The number of fused-ring (bicyclic) bond motifs is 1. The molecule has 178 valence electrons. The van der Waals surface area contributed by atoms with Gasteiger partial charge >= 0.3 is 6.03 Å². The van der Waals surface area contributed by atoms with Crippen LogP contribution in [0.3, 0.4) is 0 Å². The van der Waals surface area contributed by atoms with Crippen LogP contribution in [0.4, 0.5) is 4.79 Å². The molecule has 0 radical (unpaired) electrons. The van der Waals surface area contributed by atoms with Gasteiger partial charge in [-0.05, 0) is 41.8 Å². The van der Waals surface area contributed by atoms with E-state index in [4.69, 9.17) is 10.5 Å². The molecule has 2 atom stereocenters. The fraction of sp³-hybridized carbons (Fsp3) is 0.440. The lowest BCUT2D eigenvalue weighted by molar-refractivity contribution is 0.0355. The zero-order valence-corrected chi connectivity index (χ0v) is 20.4. The molecule has 0 fully saturated rings. The predicted molar refractivity (Wildman–Crippen MR) is 133 cm³/mol. The third-order valence-electron chi connectivity index (χ3n) is 6.39. The number of thiol groups is 1. The number of amides is 3. The van der Waals surface area contributed by atoms with Crippen LogP contribution in [-0.2, 0) is 23.1 Å². The molecule has 0 heterocycles. The average Bonchev–Trinajstić information content (AvgIpc) is 2.81. The fourth-order valence-corrected chi connectivity index (χ4v) is 4.75. The molecule has 0 bridgehead atoms. The van der Waals surface area contributed by atoms with Crippen molar-refractivity contribution >= 4 is 24.8 Å². The van der Waals surface area contributed by atoms with E-state index in [9.17, 15) is 9.59 Å². The lowest BCUT2D eigenvalue weighted by Gasteiger charge is -2.45. The second kappa shape index (κ2) is 11.0. The first kappa shape index (κ1) is 25.1. The van der Waals surface area contributed by atoms with E-state index >= 15 is 0 Å². The van der Waals surface area contributed by atoms with Crippen molar-refractivity contribution in [3.63, 3.8) is 0 Å². The predicted octanol–water partition coefficient (Wildman–Crippen LogP) is 3.04. The van der Waals surface area contributed by atoms with Gasteiger partial charge in [-0.2, -0.15) is 0 Å². The molecule has 2 unspecified atom stereocenters. The van der Waals surface area contributed by atoms with Gasteiger partial charge in [0.15, 0.2) is 0 Å². The topological polar surface area (TPSA) is 96.7 Å². The monoisotopic (exact) mass is 470 g/mol. The summed E-state index contributed by atoms with van der Waals surface area (Å²) in [5, 5.41) is 6.50. The number of carbonyl (C=O) groups is 2. The second-order valence-corrected chi connectivity index (χ2v) is 9.47. The number of hydrogen-bond acceptors (Lipinski definition) is 5. The second-order valence-electron chi connectivity index (χ2n) is 8.99. The molecular weight excluding hydrogens is 436 g/mol. The van der Waals surface area contributed by atoms with Crippen LogP contribution in [0.25, 0.3) is 0 Å². The minimum absolute atomic E-state index is 0.00629. The third kappa shape index (κ3) is 6.07. The van der Waals surface area contributed by atoms with Crippen LogP contribution in [0.15, 0.2) is 48.5 Å². The largest absolute Gasteiger partial charge is 0.379 e. The first-order valence-electron chi connectivity index (χ1n) is 11.2. The van der Waals surface area contributed by atoms with Crippen LogP contribution in [0.1, 0.15) is 47.3 Å². The molecule has 0 aromatic heterocycles. The number of nitrogens with zero attached hydrogens (tertiary/aromatic N) is 1. The SMILES string of the molecule is COC1Cc2ccc(C(N)=O)cc2C(C)(C)C1NCCCN(S)C(=O)NCc1ccccc1. The van der Waals surface area contributed by atoms with E-state index in [0.29, 0.717) is 25.2 Å². The molecule has 0 saturated heterocycles. The Bertz CT molecular complexity index is 967. The summed E-state index contributed by atoms with van der Waals surface area (Å²) in [7, 11) is 1.73. The summed E-state index contributed by atoms with van der Waals surface area (Å²) in [6.07, 6.45) is 1.49. The van der Waals surface area contributed by atoms with Crippen LogP contribution >= 0.6 is 12.8 Å². The number of methoxy groups -OCH3 is 1. The van der Waals surface area contributed by atoms with Gasteiger partial charge in [-0.25, -0.2) is 4.79 Å². The van der Waals surface area contributed by atoms with E-state index in [1.165, 1.54) is 9.87 Å². The first-order chi connectivity index (χ1) is 15.7. The number of primary amides is 1. The molecule has 8 heteroatoms. The minimum Gasteiger partial charge on any atom is -0.379 e. The Kier molecular flexibility index (Phi) is 8.40. The van der Waals surface area contributed by atoms with Crippen molar-refractivity contribution in [1.82, 2.24) is 14.9 Å². The van der Waals surface area contributed by atoms with Gasteiger partial charge in [-0.3, -0.25) is 9.10 Å². The average molecular weight is 471 g/mol. The highest BCUT2D eigenvalue weighted by Gasteiger charge is 2.42. The molecule has 4 N–H and O–H groups in total. The highest BCUT2D eigenvalue weighted by atomic mass is 32.1. The molecule has 0 aliphatic heterocycles. The Morgan fingerprint density at radius 2 is 1.94 bits per heavy atom. The number of nitrogens with two attached hydrogens (primary N) is 1. The van der Waals surface area contributed by atoms with E-state index in [1.54, 1.807) is 13.2 Å². The third-order valence-corrected chi connectivity index (χ3v) is 6.78. The van der Waals surface area contributed by atoms with Crippen molar-refractivity contribution in [2.75, 3.05) is 20.2 Å². The molecule has 2 aromatic carbocycles. The van der Waals surface area contributed by atoms with E-state index in [1.807, 2.05) is 42.5 Å². The Hall–Kier alpha value is -2.55. The van der Waals surface area contributed by atoms with Crippen LogP contribution in [0.2, 0.25) is 0 Å². The van der Waals surface area contributed by atoms with Gasteiger partial charge in [-0.15, -0.1) is 0 Å². The van der Waals surface area contributed by atoms with Crippen molar-refractivity contribution in [2.45, 2.75) is 50.8 Å². The van der Waals surface area contributed by atoms with E-state index in [-0.39, 0.29) is 23.6 Å². The Morgan fingerprint density at radius 3 is 2.61 bits per heavy atom. The van der Waals surface area contributed by atoms with E-state index in [0.717, 1.165) is 24.0 Å². The van der Waals surface area contributed by atoms with Crippen molar-refractivity contribution in [1.29, 1.82) is 0 Å². The smallest absolute Gasteiger partial charge is 0.327 e. The van der Waals surface area contributed by atoms with Crippen molar-refractivity contribution in [3.8, 4) is 0 Å². The van der Waals surface area contributed by atoms with Gasteiger partial charge < -0.3 is 21.1 Å². The Labute approximate surface area is 201 Å². The van der Waals surface area contributed by atoms with Crippen LogP contribution in [-0.4, -0.2) is 48.6 Å². The molecule has 3 rings (SSSR count). The summed E-state index contributed by atoms with van der Waals surface area (Å²) < 4.78 is 7.22. The van der Waals surface area contributed by atoms with Crippen LogP contribution < -0.4 is 16.4 Å². The van der Waals surface area contributed by atoms with Gasteiger partial charge in [0, 0.05) is 43.6 Å². The molecule has 33 heavy (non-hydrogen) atoms. The number of carbonyl (C=O) groups excluding carboxylic acids is 2. The fourth-order valence-electron chi connectivity index (χ4n) is 4.53. The summed E-state index contributed by atoms with van der Waals surface area (Å²) in [5.41, 5.74) is 9.08. The standard InChI is InChI=1S/C25H34N4O3S/c1-25(2)20-14-19(23(26)30)11-10-18(20)15-21(32-3)22(25)27-12-7-13-29(33)24(31)28-16-17-8-5-4-6-9-17/h4-6,8-11,14,21-22,27,33H,7,12-13,15-16H2,1-3H3,(H2,26,30)(H,28,31). The van der Waals surface area contributed by atoms with Gasteiger partial charge in [0.25, 0.3) is 0 Å². The molecular formula is C25H34N4O3S. The molecule has 0 saturated carbocycles. The number of benzene rings is 2. The molecule has 7 nitrogen and oxygen atoms in total. The van der Waals surface area contributed by atoms with E-state index < -0.39 is 5.91 Å². The quantitative estimate of drug-likeness (QED) is 0.335. The lowest BCUT2D eigenvalue weighted by Crippen LogP contribution is -2.57. The number of rotatable bonds is 9. The van der Waals surface area contributed by atoms with Crippen molar-refractivity contribution in [2.24, 2.45) is 5.73 Å². The normalized spacial score (nSPS) is 18.9. The molecule has 1 aliphatic carbocycles. The van der Waals surface area contributed by atoms with Gasteiger partial charge in [-0.1, -0.05) is 63.1 Å². The summed E-state index contributed by atoms with van der Waals surface area (Å²) >= 11 is 4.33. The van der Waals surface area contributed by atoms with Gasteiger partial charge in [0.05, 0.1) is 6.10 Å². The Morgan fingerprint density at radius 1 is 1.21 bits per heavy atom. The summed E-state index contributed by atoms with van der Waals surface area (Å²) in [6.45, 7) is 5.97. The van der Waals surface area contributed by atoms with Crippen LogP contribution in [0, 0.1) is 0 Å². The molecule has 2 aromatic rings. The maximum atomic E-state index is 12.3.